The average molecular weight is 1080 g/mol. The van der Waals surface area contributed by atoms with Crippen molar-refractivity contribution < 1.29 is 53.4 Å². The predicted molar refractivity (Wildman–Crippen MR) is 291 cm³/mol. The van der Waals surface area contributed by atoms with Gasteiger partial charge in [-0.2, -0.15) is 0 Å². The summed E-state index contributed by atoms with van der Waals surface area (Å²) in [6.45, 7) is 13.0. The SMILES string of the molecule is CO[C@]1(C)C[C@H](O[C@H]2[C@H](C)[C@@H](O[C@@H]3O[C@H](C)C[C@H](N(C)C)[C@H]3O)[C@](C)(O)C[C@@H](C)CN(C(=O)Nc3ccc(Cl)cc3)CCC(/C=C/c3cn(C(=O)Cc4ccc(Cl)cc4)c4ccccc34)NC(=O)[C@@H]2C)O[C@@H](C)[C@@H]1O. The van der Waals surface area contributed by atoms with Crippen LogP contribution in [0.3, 0.4) is 0 Å². The maximum atomic E-state index is 15.1. The Morgan fingerprint density at radius 3 is 2.27 bits per heavy atom. The lowest BCUT2D eigenvalue weighted by molar-refractivity contribution is -0.317. The third-order valence-corrected chi connectivity index (χ3v) is 15.9. The van der Waals surface area contributed by atoms with Crippen molar-refractivity contribution in [2.24, 2.45) is 17.8 Å². The van der Waals surface area contributed by atoms with Crippen LogP contribution in [0.4, 0.5) is 10.5 Å². The number of aliphatic hydroxyl groups excluding tert-OH is 2. The highest BCUT2D eigenvalue weighted by Gasteiger charge is 2.51. The molecule has 0 aliphatic carbocycles. The molecule has 4 heterocycles. The van der Waals surface area contributed by atoms with Crippen LogP contribution in [-0.2, 0) is 34.9 Å². The normalized spacial score (nSPS) is 33.6. The first-order valence-corrected chi connectivity index (χ1v) is 26.8. The van der Waals surface area contributed by atoms with Crippen molar-refractivity contribution in [2.75, 3.05) is 39.6 Å². The number of benzene rings is 3. The molecule has 3 fully saturated rings. The molecule has 3 amide bonds. The van der Waals surface area contributed by atoms with Crippen molar-refractivity contribution in [1.29, 1.82) is 0 Å². The fraction of sp³-hybridized carbons (Fsp3) is 0.561. The van der Waals surface area contributed by atoms with E-state index in [1.807, 2.05) is 88.3 Å². The molecule has 75 heavy (non-hydrogen) atoms. The maximum absolute atomic E-state index is 15.1. The standard InChI is InChI=1S/C57H77Cl2N5O11/c1-33-29-56(6,70)52(75-54-49(66)46(62(8)9)27-34(2)72-54)35(3)50(74-48-30-57(7,71-10)51(67)37(5)73-48)36(4)53(68)60-43(25-26-63(31-33)55(69)61-42-23-20-41(59)21-24-42)22-17-39-32-64(45-14-12-11-13-44(39)45)47(65)28-38-15-18-40(58)19-16-38/h11-24,32-37,43,46,48-52,54,66-67,70H,25-31H2,1-10H3,(H,60,68)(H,61,69)/b22-17+/t33-,34-,35+,36-,37+,43?,46+,48+,49-,50+,51+,52-,54+,56-,57-/m1/s1. The van der Waals surface area contributed by atoms with Crippen LogP contribution in [0.1, 0.15) is 90.1 Å². The van der Waals surface area contributed by atoms with Gasteiger partial charge in [0.1, 0.15) is 12.2 Å². The molecule has 18 heteroatoms. The summed E-state index contributed by atoms with van der Waals surface area (Å²) in [7, 11) is 5.28. The second kappa shape index (κ2) is 24.9. The highest BCUT2D eigenvalue weighted by atomic mass is 35.5. The molecule has 0 radical (unpaired) electrons. The molecule has 15 atom stereocenters. The lowest BCUT2D eigenvalue weighted by atomic mass is 9.77. The number of fused-ring (bicyclic) bond motifs is 1. The number of aromatic nitrogens is 1. The molecular formula is C57H77Cl2N5O11. The first-order valence-electron chi connectivity index (χ1n) is 26.1. The summed E-state index contributed by atoms with van der Waals surface area (Å²) in [5.41, 5.74) is 0.0763. The monoisotopic (exact) mass is 1080 g/mol. The second-order valence-electron chi connectivity index (χ2n) is 21.8. The number of rotatable bonds is 11. The minimum Gasteiger partial charge on any atom is -0.387 e. The van der Waals surface area contributed by atoms with Crippen LogP contribution in [0.15, 0.2) is 85.1 Å². The van der Waals surface area contributed by atoms with Gasteiger partial charge >= 0.3 is 6.03 Å². The van der Waals surface area contributed by atoms with Crippen LogP contribution in [-0.4, -0.2) is 154 Å². The zero-order valence-corrected chi connectivity index (χ0v) is 46.3. The molecular weight excluding hydrogens is 1000 g/mol. The molecule has 3 aromatic carbocycles. The van der Waals surface area contributed by atoms with Crippen molar-refractivity contribution in [2.45, 2.75) is 153 Å². The minimum atomic E-state index is -1.67. The number of amides is 3. The first-order chi connectivity index (χ1) is 35.5. The predicted octanol–water partition coefficient (Wildman–Crippen LogP) is 8.41. The number of nitrogens with one attached hydrogen (secondary N) is 2. The number of urea groups is 1. The van der Waals surface area contributed by atoms with Crippen LogP contribution in [0, 0.1) is 17.8 Å². The number of ether oxygens (including phenoxy) is 5. The number of aliphatic hydroxyl groups is 3. The van der Waals surface area contributed by atoms with Crippen molar-refractivity contribution in [3.05, 3.63) is 106 Å². The fourth-order valence-electron chi connectivity index (χ4n) is 11.2. The number of halogens is 2. The van der Waals surface area contributed by atoms with Crippen LogP contribution >= 0.6 is 23.2 Å². The molecule has 0 bridgehead atoms. The van der Waals surface area contributed by atoms with Gasteiger partial charge in [0.2, 0.25) is 11.8 Å². The molecule has 0 spiro atoms. The van der Waals surface area contributed by atoms with Crippen LogP contribution in [0.2, 0.25) is 10.0 Å². The van der Waals surface area contributed by atoms with Gasteiger partial charge in [0.15, 0.2) is 12.6 Å². The van der Waals surface area contributed by atoms with E-state index in [1.54, 1.807) is 79.8 Å². The Morgan fingerprint density at radius 2 is 1.60 bits per heavy atom. The minimum absolute atomic E-state index is 0.116. The summed E-state index contributed by atoms with van der Waals surface area (Å²) >= 11 is 12.3. The third-order valence-electron chi connectivity index (χ3n) is 15.4. The second-order valence-corrected chi connectivity index (χ2v) is 22.7. The Kier molecular flexibility index (Phi) is 19.4. The lowest BCUT2D eigenvalue weighted by Crippen LogP contribution is -2.61. The summed E-state index contributed by atoms with van der Waals surface area (Å²) in [6, 6.07) is 20.2. The highest BCUT2D eigenvalue weighted by Crippen LogP contribution is 2.40. The molecule has 0 saturated carbocycles. The van der Waals surface area contributed by atoms with Gasteiger partial charge in [-0.15, -0.1) is 0 Å². The van der Waals surface area contributed by atoms with Crippen molar-refractivity contribution in [3.63, 3.8) is 0 Å². The summed E-state index contributed by atoms with van der Waals surface area (Å²) in [6.07, 6.45) is -0.626. The van der Waals surface area contributed by atoms with E-state index < -0.39 is 84.1 Å². The van der Waals surface area contributed by atoms with Crippen molar-refractivity contribution >= 4 is 63.7 Å². The van der Waals surface area contributed by atoms with Crippen molar-refractivity contribution in [1.82, 2.24) is 19.7 Å². The summed E-state index contributed by atoms with van der Waals surface area (Å²) in [5.74, 6) is -2.63. The molecule has 7 rings (SSSR count). The number of hydrogen-bond acceptors (Lipinski definition) is 12. The number of likely N-dealkylation sites (N-methyl/N-ethyl adjacent to an activating group) is 1. The average Bonchev–Trinajstić information content (AvgIpc) is 3.74. The van der Waals surface area contributed by atoms with Gasteiger partial charge in [0, 0.05) is 77.5 Å². The third kappa shape index (κ3) is 14.2. The number of para-hydroxylation sites is 1. The zero-order chi connectivity index (χ0) is 54.5. The highest BCUT2D eigenvalue weighted by molar-refractivity contribution is 6.30. The molecule has 16 nitrogen and oxygen atoms in total. The van der Waals surface area contributed by atoms with Gasteiger partial charge in [-0.3, -0.25) is 14.2 Å². The number of nitrogens with zero attached hydrogens (tertiary/aromatic N) is 3. The largest absolute Gasteiger partial charge is 0.387 e. The number of carbonyl (C=O) groups excluding carboxylic acids is 3. The maximum Gasteiger partial charge on any atom is 0.321 e. The summed E-state index contributed by atoms with van der Waals surface area (Å²) in [4.78, 5) is 47.0. The topological polar surface area (TPSA) is 194 Å². The van der Waals surface area contributed by atoms with E-state index in [2.05, 4.69) is 10.6 Å². The van der Waals surface area contributed by atoms with E-state index in [0.717, 1.165) is 22.0 Å². The van der Waals surface area contributed by atoms with Gasteiger partial charge < -0.3 is 59.4 Å². The van der Waals surface area contributed by atoms with Gasteiger partial charge in [-0.1, -0.05) is 86.5 Å². The lowest BCUT2D eigenvalue weighted by Gasteiger charge is -2.49. The van der Waals surface area contributed by atoms with E-state index in [-0.39, 0.29) is 62.7 Å². The van der Waals surface area contributed by atoms with E-state index in [1.165, 1.54) is 7.11 Å². The Bertz CT molecular complexity index is 2600. The fourth-order valence-corrected chi connectivity index (χ4v) is 11.4. The Hall–Kier alpha value is -4.43. The zero-order valence-electron chi connectivity index (χ0n) is 44.8. The van der Waals surface area contributed by atoms with Crippen molar-refractivity contribution in [3.8, 4) is 0 Å². The molecule has 3 saturated heterocycles. The Morgan fingerprint density at radius 1 is 0.933 bits per heavy atom. The van der Waals surface area contributed by atoms with Gasteiger partial charge in [0.05, 0.1) is 53.5 Å². The molecule has 410 valence electrons. The van der Waals surface area contributed by atoms with Crippen LogP contribution in [0.25, 0.3) is 17.0 Å². The van der Waals surface area contributed by atoms with Gasteiger partial charge in [-0.25, -0.2) is 4.79 Å². The van der Waals surface area contributed by atoms with Gasteiger partial charge in [-0.05, 0) is 115 Å². The number of methoxy groups -OCH3 is 1. The number of anilines is 1. The quantitative estimate of drug-likeness (QED) is 0.0965. The van der Waals surface area contributed by atoms with E-state index in [0.29, 0.717) is 22.2 Å². The van der Waals surface area contributed by atoms with Gasteiger partial charge in [0.25, 0.3) is 0 Å². The number of carbonyl (C=O) groups is 3. The molecule has 3 aliphatic rings. The number of hydrogen-bond donors (Lipinski definition) is 5. The van der Waals surface area contributed by atoms with Crippen LogP contribution in [0.5, 0.6) is 0 Å². The Balaban J connectivity index is 1.28. The van der Waals surface area contributed by atoms with E-state index in [9.17, 15) is 24.9 Å². The van der Waals surface area contributed by atoms with E-state index in [4.69, 9.17) is 46.9 Å². The molecule has 1 aromatic heterocycles. The molecule has 3 aliphatic heterocycles. The first kappa shape index (κ1) is 58.3. The summed E-state index contributed by atoms with van der Waals surface area (Å²) < 4.78 is 33.9. The molecule has 4 aromatic rings. The molecule has 1 unspecified atom stereocenters. The summed E-state index contributed by atoms with van der Waals surface area (Å²) in [5, 5.41) is 44.1. The Labute approximate surface area is 451 Å². The molecule has 5 N–H and O–H groups in total. The smallest absolute Gasteiger partial charge is 0.321 e. The van der Waals surface area contributed by atoms with E-state index >= 15 is 4.79 Å². The van der Waals surface area contributed by atoms with Crippen LogP contribution < -0.4 is 10.6 Å².